The van der Waals surface area contributed by atoms with Gasteiger partial charge >= 0.3 is 0 Å². The van der Waals surface area contributed by atoms with Gasteiger partial charge in [0.1, 0.15) is 5.25 Å². The highest BCUT2D eigenvalue weighted by atomic mass is 32.2. The van der Waals surface area contributed by atoms with Crippen molar-refractivity contribution >= 4 is 9.84 Å². The molecule has 2 rings (SSSR count). The van der Waals surface area contributed by atoms with Gasteiger partial charge in [-0.15, -0.1) is 0 Å². The second-order valence-electron chi connectivity index (χ2n) is 4.61. The molecule has 0 saturated carbocycles. The molecule has 0 aliphatic heterocycles. The van der Waals surface area contributed by atoms with E-state index in [-0.39, 0.29) is 10.8 Å². The molecule has 1 atom stereocenters. The van der Waals surface area contributed by atoms with Crippen molar-refractivity contribution in [2.45, 2.75) is 37.8 Å². The van der Waals surface area contributed by atoms with Gasteiger partial charge < -0.3 is 4.52 Å². The Balaban J connectivity index is 2.44. The van der Waals surface area contributed by atoms with Crippen molar-refractivity contribution in [3.8, 4) is 0 Å². The van der Waals surface area contributed by atoms with Crippen LogP contribution in [0.2, 0.25) is 0 Å². The van der Waals surface area contributed by atoms with Crippen molar-refractivity contribution in [2.24, 2.45) is 0 Å². The Morgan fingerprint density at radius 2 is 1.84 bits per heavy atom. The molecular formula is C13H16N2O3S. The second kappa shape index (κ2) is 4.77. The molecule has 0 fully saturated rings. The number of hydrogen-bond acceptors (Lipinski definition) is 5. The molecule has 0 saturated heterocycles. The van der Waals surface area contributed by atoms with E-state index in [1.807, 2.05) is 13.8 Å². The van der Waals surface area contributed by atoms with Gasteiger partial charge in [0, 0.05) is 0 Å². The zero-order chi connectivity index (χ0) is 14.2. The molecule has 0 amide bonds. The number of nitrogens with zero attached hydrogens (tertiary/aromatic N) is 2. The van der Waals surface area contributed by atoms with Crippen LogP contribution in [0.1, 0.15) is 35.0 Å². The lowest BCUT2D eigenvalue weighted by molar-refractivity contribution is 0.373. The summed E-state index contributed by atoms with van der Waals surface area (Å²) in [7, 11) is -3.51. The van der Waals surface area contributed by atoms with Crippen LogP contribution in [0, 0.1) is 20.8 Å². The molecule has 6 heteroatoms. The fraction of sp³-hybridized carbons (Fsp3) is 0.385. The summed E-state index contributed by atoms with van der Waals surface area (Å²) in [6.07, 6.45) is 0. The zero-order valence-corrected chi connectivity index (χ0v) is 12.2. The van der Waals surface area contributed by atoms with Gasteiger partial charge in [-0.05, 0) is 51.0 Å². The Morgan fingerprint density at radius 1 is 1.16 bits per heavy atom. The quantitative estimate of drug-likeness (QED) is 0.863. The molecule has 1 aromatic carbocycles. The van der Waals surface area contributed by atoms with Crippen molar-refractivity contribution in [2.75, 3.05) is 0 Å². The minimum Gasteiger partial charge on any atom is -0.338 e. The van der Waals surface area contributed by atoms with E-state index >= 15 is 0 Å². The highest BCUT2D eigenvalue weighted by molar-refractivity contribution is 7.91. The standard InChI is InChI=1S/C13H16N2O3S/c1-8-5-6-12(7-9(8)2)19(16,17)10(3)13-14-11(4)15-18-13/h5-7,10H,1-4H3. The van der Waals surface area contributed by atoms with Crippen LogP contribution in [0.3, 0.4) is 0 Å². The smallest absolute Gasteiger partial charge is 0.245 e. The topological polar surface area (TPSA) is 73.1 Å². The maximum absolute atomic E-state index is 12.5. The summed E-state index contributed by atoms with van der Waals surface area (Å²) in [6, 6.07) is 5.08. The summed E-state index contributed by atoms with van der Waals surface area (Å²) in [5.41, 5.74) is 2.00. The van der Waals surface area contributed by atoms with Crippen LogP contribution < -0.4 is 0 Å². The van der Waals surface area contributed by atoms with Crippen LogP contribution in [0.5, 0.6) is 0 Å². The number of aryl methyl sites for hydroxylation is 3. The molecule has 0 radical (unpaired) electrons. The van der Waals surface area contributed by atoms with Crippen LogP contribution in [0.25, 0.3) is 0 Å². The first-order valence-electron chi connectivity index (χ1n) is 5.93. The lowest BCUT2D eigenvalue weighted by atomic mass is 10.1. The van der Waals surface area contributed by atoms with Crippen molar-refractivity contribution in [1.29, 1.82) is 0 Å². The summed E-state index contributed by atoms with van der Waals surface area (Å²) in [6.45, 7) is 7.03. The Kier molecular flexibility index (Phi) is 3.45. The maximum atomic E-state index is 12.5. The van der Waals surface area contributed by atoms with Gasteiger partial charge in [-0.1, -0.05) is 11.2 Å². The second-order valence-corrected chi connectivity index (χ2v) is 6.88. The van der Waals surface area contributed by atoms with Crippen LogP contribution in [-0.4, -0.2) is 18.6 Å². The summed E-state index contributed by atoms with van der Waals surface area (Å²) >= 11 is 0. The molecule has 0 N–H and O–H groups in total. The summed E-state index contributed by atoms with van der Waals surface area (Å²) in [4.78, 5) is 4.26. The van der Waals surface area contributed by atoms with Gasteiger partial charge in [-0.25, -0.2) is 8.42 Å². The number of hydrogen-bond donors (Lipinski definition) is 0. The Morgan fingerprint density at radius 3 is 2.37 bits per heavy atom. The van der Waals surface area contributed by atoms with Crippen LogP contribution in [0.4, 0.5) is 0 Å². The number of benzene rings is 1. The minimum atomic E-state index is -3.51. The molecule has 0 aliphatic rings. The Labute approximate surface area is 112 Å². The molecule has 1 unspecified atom stereocenters. The Bertz CT molecular complexity index is 704. The van der Waals surface area contributed by atoms with Crippen LogP contribution in [-0.2, 0) is 9.84 Å². The normalized spacial score (nSPS) is 13.5. The summed E-state index contributed by atoms with van der Waals surface area (Å²) in [5.74, 6) is 0.549. The zero-order valence-electron chi connectivity index (χ0n) is 11.3. The first-order valence-corrected chi connectivity index (χ1v) is 7.48. The minimum absolute atomic E-state index is 0.121. The number of aromatic nitrogens is 2. The van der Waals surface area contributed by atoms with E-state index in [2.05, 4.69) is 10.1 Å². The number of sulfone groups is 1. The third kappa shape index (κ3) is 2.53. The third-order valence-electron chi connectivity index (χ3n) is 3.16. The fourth-order valence-electron chi connectivity index (χ4n) is 1.71. The fourth-order valence-corrected chi connectivity index (χ4v) is 3.07. The lowest BCUT2D eigenvalue weighted by Gasteiger charge is -2.10. The molecule has 5 nitrogen and oxygen atoms in total. The molecular weight excluding hydrogens is 264 g/mol. The SMILES string of the molecule is Cc1noc(C(C)S(=O)(=O)c2ccc(C)c(C)c2)n1. The van der Waals surface area contributed by atoms with E-state index in [4.69, 9.17) is 4.52 Å². The van der Waals surface area contributed by atoms with Gasteiger partial charge in [0.05, 0.1) is 4.90 Å². The van der Waals surface area contributed by atoms with E-state index in [0.29, 0.717) is 5.82 Å². The molecule has 0 bridgehead atoms. The predicted molar refractivity (Wildman–Crippen MR) is 70.6 cm³/mol. The highest BCUT2D eigenvalue weighted by Crippen LogP contribution is 2.28. The van der Waals surface area contributed by atoms with Crippen molar-refractivity contribution in [1.82, 2.24) is 10.1 Å². The monoisotopic (exact) mass is 280 g/mol. The van der Waals surface area contributed by atoms with E-state index in [9.17, 15) is 8.42 Å². The summed E-state index contributed by atoms with van der Waals surface area (Å²) < 4.78 is 29.9. The van der Waals surface area contributed by atoms with Gasteiger partial charge in [-0.3, -0.25) is 0 Å². The molecule has 0 spiro atoms. The third-order valence-corrected chi connectivity index (χ3v) is 5.21. The summed E-state index contributed by atoms with van der Waals surface area (Å²) in [5, 5.41) is 2.77. The van der Waals surface area contributed by atoms with E-state index in [1.165, 1.54) is 0 Å². The van der Waals surface area contributed by atoms with Gasteiger partial charge in [0.25, 0.3) is 0 Å². The van der Waals surface area contributed by atoms with E-state index in [1.54, 1.807) is 32.0 Å². The van der Waals surface area contributed by atoms with E-state index < -0.39 is 15.1 Å². The molecule has 2 aromatic rings. The van der Waals surface area contributed by atoms with Gasteiger partial charge in [-0.2, -0.15) is 4.98 Å². The largest absolute Gasteiger partial charge is 0.338 e. The predicted octanol–water partition coefficient (Wildman–Crippen LogP) is 2.53. The van der Waals surface area contributed by atoms with Crippen molar-refractivity contribution in [3.63, 3.8) is 0 Å². The molecule has 102 valence electrons. The van der Waals surface area contributed by atoms with Gasteiger partial charge in [0.2, 0.25) is 5.89 Å². The van der Waals surface area contributed by atoms with Crippen LogP contribution >= 0.6 is 0 Å². The maximum Gasteiger partial charge on any atom is 0.245 e. The van der Waals surface area contributed by atoms with Crippen LogP contribution in [0.15, 0.2) is 27.6 Å². The average molecular weight is 280 g/mol. The lowest BCUT2D eigenvalue weighted by Crippen LogP contribution is -2.11. The Hall–Kier alpha value is -1.69. The average Bonchev–Trinajstić information content (AvgIpc) is 2.78. The van der Waals surface area contributed by atoms with Crippen molar-refractivity contribution in [3.05, 3.63) is 41.0 Å². The van der Waals surface area contributed by atoms with E-state index in [0.717, 1.165) is 11.1 Å². The molecule has 0 aliphatic carbocycles. The highest BCUT2D eigenvalue weighted by Gasteiger charge is 2.29. The first kappa shape index (κ1) is 13.7. The molecule has 19 heavy (non-hydrogen) atoms. The number of rotatable bonds is 3. The molecule has 1 aromatic heterocycles. The van der Waals surface area contributed by atoms with Gasteiger partial charge in [0.15, 0.2) is 15.7 Å². The first-order chi connectivity index (χ1) is 8.82. The van der Waals surface area contributed by atoms with Crippen molar-refractivity contribution < 1.29 is 12.9 Å². The molecule has 1 heterocycles.